The second-order valence-corrected chi connectivity index (χ2v) is 4.76. The van der Waals surface area contributed by atoms with Crippen LogP contribution in [0.25, 0.3) is 0 Å². The Morgan fingerprint density at radius 2 is 2.00 bits per heavy atom. The fourth-order valence-electron chi connectivity index (χ4n) is 2.46. The Balaban J connectivity index is 1.95. The molecule has 0 aliphatic carbocycles. The predicted octanol–water partition coefficient (Wildman–Crippen LogP) is 1.44. The van der Waals surface area contributed by atoms with E-state index < -0.39 is 0 Å². The zero-order chi connectivity index (χ0) is 10.1. The topological polar surface area (TPSA) is 38.3 Å². The summed E-state index contributed by atoms with van der Waals surface area (Å²) in [5.41, 5.74) is 0. The van der Waals surface area contributed by atoms with E-state index in [0.717, 1.165) is 25.7 Å². The first-order valence-electron chi connectivity index (χ1n) is 5.24. The minimum absolute atomic E-state index is 0.0629. The summed E-state index contributed by atoms with van der Waals surface area (Å²) in [6, 6.07) is 0.745. The fourth-order valence-corrected chi connectivity index (χ4v) is 2.78. The fraction of sp³-hybridized carbons (Fsp3) is 0.900. The first kappa shape index (κ1) is 10.2. The Morgan fingerprint density at radius 1 is 1.29 bits per heavy atom. The number of esters is 1. The summed E-state index contributed by atoms with van der Waals surface area (Å²) in [6.07, 6.45) is 4.07. The summed E-state index contributed by atoms with van der Waals surface area (Å²) in [5, 5.41) is 3.70. The largest absolute Gasteiger partial charge is 0.461 e. The molecular formula is C10H16ClNO2. The number of carbonyl (C=O) groups excluding carboxylic acids is 1. The minimum Gasteiger partial charge on any atom is -0.461 e. The molecule has 0 aromatic heterocycles. The van der Waals surface area contributed by atoms with E-state index in [-0.39, 0.29) is 17.5 Å². The Labute approximate surface area is 89.1 Å². The molecule has 2 aliphatic heterocycles. The van der Waals surface area contributed by atoms with E-state index in [1.165, 1.54) is 6.92 Å². The monoisotopic (exact) mass is 217 g/mol. The van der Waals surface area contributed by atoms with Gasteiger partial charge in [0.05, 0.1) is 0 Å². The molecule has 2 heterocycles. The van der Waals surface area contributed by atoms with Crippen LogP contribution in [-0.4, -0.2) is 29.5 Å². The lowest BCUT2D eigenvalue weighted by Gasteiger charge is -2.43. The van der Waals surface area contributed by atoms with Crippen LogP contribution in [0.4, 0.5) is 0 Å². The number of halogens is 1. The molecule has 0 radical (unpaired) electrons. The molecule has 14 heavy (non-hydrogen) atoms. The SMILES string of the molecule is CC(=O)O[C@H]1CC[C@H]2N[C@@H]1CC[C@@H]2Cl. The van der Waals surface area contributed by atoms with E-state index in [1.807, 2.05) is 0 Å². The van der Waals surface area contributed by atoms with E-state index >= 15 is 0 Å². The number of ether oxygens (including phenoxy) is 1. The Hall–Kier alpha value is -0.280. The van der Waals surface area contributed by atoms with Crippen LogP contribution in [0.2, 0.25) is 0 Å². The first-order chi connectivity index (χ1) is 6.66. The summed E-state index contributed by atoms with van der Waals surface area (Å²) in [6.45, 7) is 1.47. The van der Waals surface area contributed by atoms with Crippen LogP contribution < -0.4 is 5.32 Å². The maximum Gasteiger partial charge on any atom is 0.302 e. The van der Waals surface area contributed by atoms with Crippen LogP contribution in [0, 0.1) is 0 Å². The first-order valence-corrected chi connectivity index (χ1v) is 5.68. The molecule has 4 atom stereocenters. The number of nitrogens with one attached hydrogen (secondary N) is 1. The standard InChI is InChI=1S/C10H16ClNO2/c1-6(13)14-10-5-4-8-7(11)2-3-9(10)12-8/h7-10,12H,2-5H2,1H3/t7-,8+,9+,10-/m0/s1. The van der Waals surface area contributed by atoms with Crippen LogP contribution in [-0.2, 0) is 9.53 Å². The lowest BCUT2D eigenvalue weighted by Crippen LogP contribution is -2.58. The molecule has 4 heteroatoms. The molecular weight excluding hydrogens is 202 g/mol. The van der Waals surface area contributed by atoms with Crippen molar-refractivity contribution in [2.45, 2.75) is 56.2 Å². The van der Waals surface area contributed by atoms with E-state index in [0.29, 0.717) is 12.1 Å². The molecule has 0 aromatic carbocycles. The van der Waals surface area contributed by atoms with Gasteiger partial charge in [-0.05, 0) is 25.7 Å². The third kappa shape index (κ3) is 2.04. The van der Waals surface area contributed by atoms with Gasteiger partial charge in [0, 0.05) is 24.4 Å². The summed E-state index contributed by atoms with van der Waals surface area (Å²) in [7, 11) is 0. The van der Waals surface area contributed by atoms with Gasteiger partial charge in [-0.3, -0.25) is 4.79 Å². The van der Waals surface area contributed by atoms with Gasteiger partial charge >= 0.3 is 5.97 Å². The lowest BCUT2D eigenvalue weighted by atomic mass is 9.85. The van der Waals surface area contributed by atoms with Gasteiger partial charge in [0.2, 0.25) is 0 Å². The number of hydrogen-bond acceptors (Lipinski definition) is 3. The van der Waals surface area contributed by atoms with Gasteiger partial charge in [-0.25, -0.2) is 0 Å². The van der Waals surface area contributed by atoms with Crippen LogP contribution in [0.3, 0.4) is 0 Å². The molecule has 0 aromatic rings. The number of alkyl halides is 1. The molecule has 0 saturated carbocycles. The number of carbonyl (C=O) groups is 1. The van der Waals surface area contributed by atoms with Gasteiger partial charge in [-0.1, -0.05) is 0 Å². The lowest BCUT2D eigenvalue weighted by molar-refractivity contribution is -0.150. The normalized spacial score (nSPS) is 41.9. The second-order valence-electron chi connectivity index (χ2n) is 4.20. The van der Waals surface area contributed by atoms with Crippen molar-refractivity contribution < 1.29 is 9.53 Å². The molecule has 2 aliphatic rings. The van der Waals surface area contributed by atoms with Gasteiger partial charge in [-0.15, -0.1) is 11.6 Å². The maximum absolute atomic E-state index is 10.9. The number of rotatable bonds is 1. The predicted molar refractivity (Wildman–Crippen MR) is 54.4 cm³/mol. The summed E-state index contributed by atoms with van der Waals surface area (Å²) in [5.74, 6) is -0.178. The number of fused-ring (bicyclic) bond motifs is 2. The quantitative estimate of drug-likeness (QED) is 0.534. The maximum atomic E-state index is 10.9. The van der Waals surface area contributed by atoms with Gasteiger partial charge in [0.15, 0.2) is 0 Å². The molecule has 2 fully saturated rings. The van der Waals surface area contributed by atoms with Gasteiger partial charge in [0.1, 0.15) is 6.10 Å². The molecule has 0 amide bonds. The third-order valence-corrected chi connectivity index (χ3v) is 3.67. The van der Waals surface area contributed by atoms with Crippen molar-refractivity contribution in [3.8, 4) is 0 Å². The zero-order valence-electron chi connectivity index (χ0n) is 8.33. The van der Waals surface area contributed by atoms with Crippen LogP contribution in [0.5, 0.6) is 0 Å². The summed E-state index contributed by atoms with van der Waals surface area (Å²) in [4.78, 5) is 10.9. The molecule has 3 nitrogen and oxygen atoms in total. The minimum atomic E-state index is -0.178. The molecule has 2 saturated heterocycles. The smallest absolute Gasteiger partial charge is 0.302 e. The highest BCUT2D eigenvalue weighted by molar-refractivity contribution is 6.21. The van der Waals surface area contributed by atoms with Gasteiger partial charge < -0.3 is 10.1 Å². The van der Waals surface area contributed by atoms with Gasteiger partial charge in [-0.2, -0.15) is 0 Å². The molecule has 2 bridgehead atoms. The summed E-state index contributed by atoms with van der Waals surface area (Å²) >= 11 is 6.17. The van der Waals surface area contributed by atoms with Crippen molar-refractivity contribution in [3.63, 3.8) is 0 Å². The molecule has 2 rings (SSSR count). The highest BCUT2D eigenvalue weighted by Crippen LogP contribution is 2.30. The van der Waals surface area contributed by atoms with Crippen LogP contribution >= 0.6 is 11.6 Å². The zero-order valence-corrected chi connectivity index (χ0v) is 9.09. The van der Waals surface area contributed by atoms with E-state index in [1.54, 1.807) is 0 Å². The molecule has 0 unspecified atom stereocenters. The Kier molecular flexibility index (Phi) is 2.98. The van der Waals surface area contributed by atoms with Crippen molar-refractivity contribution in [3.05, 3.63) is 0 Å². The highest BCUT2D eigenvalue weighted by atomic mass is 35.5. The van der Waals surface area contributed by atoms with Crippen molar-refractivity contribution in [1.82, 2.24) is 5.32 Å². The molecule has 80 valence electrons. The summed E-state index contributed by atoms with van der Waals surface area (Å²) < 4.78 is 5.27. The van der Waals surface area contributed by atoms with Crippen molar-refractivity contribution in [2.24, 2.45) is 0 Å². The van der Waals surface area contributed by atoms with Crippen molar-refractivity contribution >= 4 is 17.6 Å². The molecule has 0 spiro atoms. The average Bonchev–Trinajstić information content (AvgIpc) is 2.14. The van der Waals surface area contributed by atoms with Gasteiger partial charge in [0.25, 0.3) is 0 Å². The van der Waals surface area contributed by atoms with Crippen molar-refractivity contribution in [1.29, 1.82) is 0 Å². The number of piperidine rings is 2. The second kappa shape index (κ2) is 4.07. The van der Waals surface area contributed by atoms with E-state index in [9.17, 15) is 4.79 Å². The van der Waals surface area contributed by atoms with Crippen LogP contribution in [0.1, 0.15) is 32.6 Å². The van der Waals surface area contributed by atoms with E-state index in [4.69, 9.17) is 16.3 Å². The highest BCUT2D eigenvalue weighted by Gasteiger charge is 2.38. The Bertz CT molecular complexity index is 234. The molecule has 1 N–H and O–H groups in total. The van der Waals surface area contributed by atoms with Crippen LogP contribution in [0.15, 0.2) is 0 Å². The third-order valence-electron chi connectivity index (χ3n) is 3.15. The number of hydrogen-bond donors (Lipinski definition) is 1. The van der Waals surface area contributed by atoms with Crippen molar-refractivity contribution in [2.75, 3.05) is 0 Å². The van der Waals surface area contributed by atoms with E-state index in [2.05, 4.69) is 5.32 Å². The average molecular weight is 218 g/mol. The Morgan fingerprint density at radius 3 is 2.71 bits per heavy atom.